The maximum Gasteiger partial charge on any atom is 0.0776 e. The lowest BCUT2D eigenvalue weighted by Crippen LogP contribution is -2.38. The molecule has 0 spiro atoms. The van der Waals surface area contributed by atoms with Gasteiger partial charge >= 0.3 is 0 Å². The van der Waals surface area contributed by atoms with E-state index in [9.17, 15) is 5.11 Å². The molecule has 1 atom stereocenters. The van der Waals surface area contributed by atoms with Crippen molar-refractivity contribution in [1.29, 1.82) is 0 Å². The van der Waals surface area contributed by atoms with Gasteiger partial charge in [-0.1, -0.05) is 30.4 Å². The van der Waals surface area contributed by atoms with Crippen molar-refractivity contribution in [1.82, 2.24) is 9.88 Å². The van der Waals surface area contributed by atoms with Crippen LogP contribution in [0.1, 0.15) is 6.92 Å². The molecule has 2 aromatic rings. The minimum absolute atomic E-state index is 0.433. The molecule has 0 saturated heterocycles. The lowest BCUT2D eigenvalue weighted by Gasteiger charge is -2.27. The Hall–Kier alpha value is -2.26. The van der Waals surface area contributed by atoms with E-state index in [1.165, 1.54) is 21.8 Å². The fourth-order valence-electron chi connectivity index (χ4n) is 2.96. The summed E-state index contributed by atoms with van der Waals surface area (Å²) in [5.41, 5.74) is 3.28. The summed E-state index contributed by atoms with van der Waals surface area (Å²) in [6, 6.07) is 8.38. The summed E-state index contributed by atoms with van der Waals surface area (Å²) in [6.45, 7) is 2.63. The van der Waals surface area contributed by atoms with Crippen molar-refractivity contribution in [3.05, 3.63) is 58.8 Å². The highest BCUT2D eigenvalue weighted by atomic mass is 16.3. The van der Waals surface area contributed by atoms with Crippen molar-refractivity contribution in [2.45, 2.75) is 13.0 Å². The molecular formula is C17H16N2O. The largest absolute Gasteiger partial charge is 0.389 e. The molecule has 1 aromatic heterocycles. The number of benzene rings is 1. The minimum atomic E-state index is -0.433. The fraction of sp³-hybridized carbons (Fsp3) is 0.176. The predicted molar refractivity (Wildman–Crippen MR) is 81.0 cm³/mol. The van der Waals surface area contributed by atoms with Gasteiger partial charge in [-0.3, -0.25) is 0 Å². The molecule has 3 heteroatoms. The van der Waals surface area contributed by atoms with Crippen LogP contribution in [0.25, 0.3) is 22.7 Å². The number of fused-ring (bicyclic) bond motifs is 4. The van der Waals surface area contributed by atoms with Gasteiger partial charge in [0.1, 0.15) is 0 Å². The highest BCUT2D eigenvalue weighted by molar-refractivity contribution is 5.83. The van der Waals surface area contributed by atoms with Gasteiger partial charge in [0, 0.05) is 28.9 Å². The normalized spacial score (nSPS) is 18.4. The van der Waals surface area contributed by atoms with Gasteiger partial charge < -0.3 is 15.0 Å². The molecule has 0 bridgehead atoms. The van der Waals surface area contributed by atoms with Gasteiger partial charge in [0.25, 0.3) is 0 Å². The molecule has 20 heavy (non-hydrogen) atoms. The van der Waals surface area contributed by atoms with Crippen LogP contribution >= 0.6 is 0 Å². The topological polar surface area (TPSA) is 39.3 Å². The summed E-state index contributed by atoms with van der Waals surface area (Å²) in [6.07, 6.45) is 7.93. The van der Waals surface area contributed by atoms with E-state index in [1.807, 2.05) is 12.3 Å². The van der Waals surface area contributed by atoms with Crippen LogP contribution in [-0.2, 0) is 0 Å². The van der Waals surface area contributed by atoms with Crippen LogP contribution in [-0.4, -0.2) is 27.6 Å². The molecule has 0 amide bonds. The zero-order valence-electron chi connectivity index (χ0n) is 11.3. The van der Waals surface area contributed by atoms with Crippen LogP contribution in [0.4, 0.5) is 0 Å². The Morgan fingerprint density at radius 1 is 1.25 bits per heavy atom. The second-order valence-corrected chi connectivity index (χ2v) is 5.34. The quantitative estimate of drug-likeness (QED) is 0.812. The van der Waals surface area contributed by atoms with E-state index in [4.69, 9.17) is 0 Å². The first-order valence-corrected chi connectivity index (χ1v) is 6.90. The molecular weight excluding hydrogens is 248 g/mol. The Kier molecular flexibility index (Phi) is 2.38. The van der Waals surface area contributed by atoms with E-state index < -0.39 is 6.10 Å². The SMILES string of the molecule is CC(O)C1=CN2CC=c3c([nH]c4ccccc34)=C2C=C1. The molecule has 100 valence electrons. The second-order valence-electron chi connectivity index (χ2n) is 5.34. The van der Waals surface area contributed by atoms with Crippen molar-refractivity contribution >= 4 is 22.7 Å². The molecule has 1 unspecified atom stereocenters. The van der Waals surface area contributed by atoms with E-state index in [-0.39, 0.29) is 0 Å². The predicted octanol–water partition coefficient (Wildman–Crippen LogP) is 1.21. The van der Waals surface area contributed by atoms with E-state index in [0.29, 0.717) is 0 Å². The first-order valence-electron chi connectivity index (χ1n) is 6.90. The van der Waals surface area contributed by atoms with Crippen molar-refractivity contribution in [3.8, 4) is 0 Å². The Labute approximate surface area is 116 Å². The number of aromatic amines is 1. The van der Waals surface area contributed by atoms with Gasteiger partial charge in [0.2, 0.25) is 0 Å². The number of aromatic nitrogens is 1. The Balaban J connectivity index is 1.99. The number of hydrogen-bond acceptors (Lipinski definition) is 2. The van der Waals surface area contributed by atoms with E-state index in [1.54, 1.807) is 6.92 Å². The van der Waals surface area contributed by atoms with Crippen LogP contribution in [0, 0.1) is 0 Å². The van der Waals surface area contributed by atoms with Gasteiger partial charge in [-0.05, 0) is 24.6 Å². The Morgan fingerprint density at radius 2 is 2.10 bits per heavy atom. The standard InChI is InChI=1S/C17H16N2O/c1-11(20)12-6-7-16-17-14(8-9-19(16)10-12)13-4-2-3-5-15(13)18-17/h2-8,10-11,18,20H,9H2,1H3. The molecule has 0 radical (unpaired) electrons. The maximum atomic E-state index is 9.70. The number of H-pyrrole nitrogens is 1. The van der Waals surface area contributed by atoms with E-state index >= 15 is 0 Å². The summed E-state index contributed by atoms with van der Waals surface area (Å²) in [5.74, 6) is 0. The Bertz CT molecular complexity index is 868. The van der Waals surface area contributed by atoms with Crippen molar-refractivity contribution in [2.75, 3.05) is 6.54 Å². The Morgan fingerprint density at radius 3 is 2.95 bits per heavy atom. The third kappa shape index (κ3) is 1.57. The summed E-state index contributed by atoms with van der Waals surface area (Å²) >= 11 is 0. The van der Waals surface area contributed by atoms with Crippen molar-refractivity contribution in [3.63, 3.8) is 0 Å². The third-order valence-electron chi connectivity index (χ3n) is 4.02. The molecule has 0 fully saturated rings. The fourth-order valence-corrected chi connectivity index (χ4v) is 2.96. The number of nitrogens with one attached hydrogen (secondary N) is 1. The highest BCUT2D eigenvalue weighted by Gasteiger charge is 2.17. The van der Waals surface area contributed by atoms with Gasteiger partial charge in [0.05, 0.1) is 17.2 Å². The van der Waals surface area contributed by atoms with Gasteiger partial charge in [-0.25, -0.2) is 0 Å². The monoisotopic (exact) mass is 264 g/mol. The maximum absolute atomic E-state index is 9.70. The van der Waals surface area contributed by atoms with Crippen LogP contribution in [0.15, 0.2) is 48.2 Å². The first-order chi connectivity index (χ1) is 9.74. The third-order valence-corrected chi connectivity index (χ3v) is 4.02. The van der Waals surface area contributed by atoms with Crippen molar-refractivity contribution < 1.29 is 5.11 Å². The molecule has 2 aliphatic rings. The van der Waals surface area contributed by atoms with Gasteiger partial charge in [-0.15, -0.1) is 0 Å². The summed E-state index contributed by atoms with van der Waals surface area (Å²) in [7, 11) is 0. The highest BCUT2D eigenvalue weighted by Crippen LogP contribution is 2.20. The molecule has 0 saturated carbocycles. The first kappa shape index (κ1) is 11.6. The van der Waals surface area contributed by atoms with Crippen LogP contribution in [0.3, 0.4) is 0 Å². The number of nitrogens with zero attached hydrogens (tertiary/aromatic N) is 1. The molecule has 4 rings (SSSR count). The van der Waals surface area contributed by atoms with Gasteiger partial charge in [0.15, 0.2) is 0 Å². The minimum Gasteiger partial charge on any atom is -0.389 e. The average molecular weight is 264 g/mol. The van der Waals surface area contributed by atoms with E-state index in [0.717, 1.165) is 17.5 Å². The number of para-hydroxylation sites is 1. The number of rotatable bonds is 1. The molecule has 0 aliphatic carbocycles. The molecule has 2 aliphatic heterocycles. The van der Waals surface area contributed by atoms with Crippen LogP contribution < -0.4 is 10.6 Å². The zero-order chi connectivity index (χ0) is 13.7. The van der Waals surface area contributed by atoms with Gasteiger partial charge in [-0.2, -0.15) is 0 Å². The zero-order valence-corrected chi connectivity index (χ0v) is 11.3. The van der Waals surface area contributed by atoms with Crippen LogP contribution in [0.5, 0.6) is 0 Å². The van der Waals surface area contributed by atoms with Crippen molar-refractivity contribution in [2.24, 2.45) is 0 Å². The van der Waals surface area contributed by atoms with Crippen LogP contribution in [0.2, 0.25) is 0 Å². The molecule has 3 nitrogen and oxygen atoms in total. The average Bonchev–Trinajstić information content (AvgIpc) is 2.85. The molecule has 2 N–H and O–H groups in total. The lowest BCUT2D eigenvalue weighted by molar-refractivity contribution is 0.233. The molecule has 1 aromatic carbocycles. The summed E-state index contributed by atoms with van der Waals surface area (Å²) in [4.78, 5) is 5.69. The summed E-state index contributed by atoms with van der Waals surface area (Å²) in [5, 5.41) is 13.4. The smallest absolute Gasteiger partial charge is 0.0776 e. The van der Waals surface area contributed by atoms with E-state index in [2.05, 4.69) is 46.3 Å². The second kappa shape index (κ2) is 4.12. The number of aliphatic hydroxyl groups excluding tert-OH is 1. The number of hydrogen-bond donors (Lipinski definition) is 2. The summed E-state index contributed by atoms with van der Waals surface area (Å²) < 4.78 is 0. The lowest BCUT2D eigenvalue weighted by atomic mass is 10.1. The molecule has 3 heterocycles. The number of aliphatic hydroxyl groups is 1.